The van der Waals surface area contributed by atoms with E-state index in [0.717, 1.165) is 13.1 Å². The molecule has 2 rings (SSSR count). The fourth-order valence-corrected chi connectivity index (χ4v) is 3.29. The SMILES string of the molecule is CC1CN(C(=O)CC2CCC(CN)CC2)C(C)CO1. The second-order valence-electron chi connectivity index (χ2n) is 6.37. The molecule has 1 saturated carbocycles. The fourth-order valence-electron chi connectivity index (χ4n) is 3.29. The lowest BCUT2D eigenvalue weighted by molar-refractivity contribution is -0.144. The molecule has 2 aliphatic rings. The molecular weight excluding hydrogens is 240 g/mol. The highest BCUT2D eigenvalue weighted by Gasteiger charge is 2.30. The maximum absolute atomic E-state index is 12.4. The maximum atomic E-state index is 12.4. The van der Waals surface area contributed by atoms with Crippen LogP contribution in [0.3, 0.4) is 0 Å². The molecule has 4 heteroatoms. The molecular formula is C15H28N2O2. The lowest BCUT2D eigenvalue weighted by Crippen LogP contribution is -2.50. The molecule has 2 atom stereocenters. The summed E-state index contributed by atoms with van der Waals surface area (Å²) in [5.74, 6) is 1.58. The second kappa shape index (κ2) is 6.71. The largest absolute Gasteiger partial charge is 0.375 e. The van der Waals surface area contributed by atoms with Gasteiger partial charge < -0.3 is 15.4 Å². The minimum Gasteiger partial charge on any atom is -0.375 e. The minimum absolute atomic E-state index is 0.174. The molecule has 19 heavy (non-hydrogen) atoms. The molecule has 2 unspecified atom stereocenters. The van der Waals surface area contributed by atoms with Gasteiger partial charge in [-0.05, 0) is 57.9 Å². The Kier molecular flexibility index (Phi) is 5.22. The molecule has 0 aromatic rings. The smallest absolute Gasteiger partial charge is 0.223 e. The third kappa shape index (κ3) is 3.93. The molecule has 0 bridgehead atoms. The van der Waals surface area contributed by atoms with E-state index in [4.69, 9.17) is 10.5 Å². The van der Waals surface area contributed by atoms with E-state index in [1.54, 1.807) is 0 Å². The number of amides is 1. The van der Waals surface area contributed by atoms with E-state index in [9.17, 15) is 4.79 Å². The van der Waals surface area contributed by atoms with Gasteiger partial charge in [-0.1, -0.05) is 0 Å². The molecule has 1 amide bonds. The van der Waals surface area contributed by atoms with Crippen LogP contribution in [-0.4, -0.2) is 42.6 Å². The van der Waals surface area contributed by atoms with E-state index >= 15 is 0 Å². The zero-order valence-electron chi connectivity index (χ0n) is 12.3. The summed E-state index contributed by atoms with van der Waals surface area (Å²) < 4.78 is 5.58. The third-order valence-electron chi connectivity index (χ3n) is 4.69. The van der Waals surface area contributed by atoms with E-state index in [0.29, 0.717) is 30.8 Å². The van der Waals surface area contributed by atoms with Crippen LogP contribution in [-0.2, 0) is 9.53 Å². The Labute approximate surface area is 116 Å². The first-order valence-electron chi connectivity index (χ1n) is 7.71. The van der Waals surface area contributed by atoms with Gasteiger partial charge in [0.2, 0.25) is 5.91 Å². The van der Waals surface area contributed by atoms with Gasteiger partial charge in [0.15, 0.2) is 0 Å². The average molecular weight is 268 g/mol. The van der Waals surface area contributed by atoms with E-state index in [1.165, 1.54) is 25.7 Å². The number of hydrogen-bond donors (Lipinski definition) is 1. The van der Waals surface area contributed by atoms with Gasteiger partial charge in [0.25, 0.3) is 0 Å². The average Bonchev–Trinajstić information content (AvgIpc) is 2.42. The van der Waals surface area contributed by atoms with E-state index < -0.39 is 0 Å². The first-order chi connectivity index (χ1) is 9.10. The van der Waals surface area contributed by atoms with Crippen molar-refractivity contribution in [2.75, 3.05) is 19.7 Å². The number of hydrogen-bond acceptors (Lipinski definition) is 3. The summed E-state index contributed by atoms with van der Waals surface area (Å²) in [6.07, 6.45) is 5.62. The lowest BCUT2D eigenvalue weighted by Gasteiger charge is -2.38. The van der Waals surface area contributed by atoms with Crippen molar-refractivity contribution < 1.29 is 9.53 Å². The van der Waals surface area contributed by atoms with Crippen LogP contribution in [0.25, 0.3) is 0 Å². The Morgan fingerprint density at radius 1 is 1.21 bits per heavy atom. The van der Waals surface area contributed by atoms with Crippen LogP contribution in [0.4, 0.5) is 0 Å². The zero-order valence-corrected chi connectivity index (χ0v) is 12.3. The van der Waals surface area contributed by atoms with Crippen LogP contribution >= 0.6 is 0 Å². The Hall–Kier alpha value is -0.610. The number of morpholine rings is 1. The van der Waals surface area contributed by atoms with Gasteiger partial charge in [-0.15, -0.1) is 0 Å². The number of ether oxygens (including phenoxy) is 1. The highest BCUT2D eigenvalue weighted by Crippen LogP contribution is 2.31. The lowest BCUT2D eigenvalue weighted by atomic mass is 9.80. The van der Waals surface area contributed by atoms with Crippen molar-refractivity contribution in [2.24, 2.45) is 17.6 Å². The van der Waals surface area contributed by atoms with Crippen molar-refractivity contribution in [1.29, 1.82) is 0 Å². The summed E-state index contributed by atoms with van der Waals surface area (Å²) in [6, 6.07) is 0.226. The monoisotopic (exact) mass is 268 g/mol. The molecule has 0 aromatic heterocycles. The Bertz CT molecular complexity index is 301. The predicted molar refractivity (Wildman–Crippen MR) is 75.7 cm³/mol. The Morgan fingerprint density at radius 3 is 2.47 bits per heavy atom. The van der Waals surface area contributed by atoms with Crippen LogP contribution in [0.5, 0.6) is 0 Å². The van der Waals surface area contributed by atoms with Gasteiger partial charge in [0, 0.05) is 13.0 Å². The van der Waals surface area contributed by atoms with Crippen LogP contribution < -0.4 is 5.73 Å². The standard InChI is InChI=1S/C15H28N2O2/c1-11-10-19-12(2)9-17(11)15(18)7-13-3-5-14(8-16)6-4-13/h11-14H,3-10,16H2,1-2H3. The third-order valence-corrected chi connectivity index (χ3v) is 4.69. The van der Waals surface area contributed by atoms with Gasteiger partial charge in [-0.2, -0.15) is 0 Å². The number of rotatable bonds is 3. The molecule has 4 nitrogen and oxygen atoms in total. The highest BCUT2D eigenvalue weighted by atomic mass is 16.5. The van der Waals surface area contributed by atoms with Crippen LogP contribution in [0.2, 0.25) is 0 Å². The van der Waals surface area contributed by atoms with Crippen molar-refractivity contribution in [3.63, 3.8) is 0 Å². The molecule has 1 heterocycles. The summed E-state index contributed by atoms with van der Waals surface area (Å²) in [7, 11) is 0. The van der Waals surface area contributed by atoms with Crippen molar-refractivity contribution in [2.45, 2.75) is 58.1 Å². The Morgan fingerprint density at radius 2 is 1.84 bits per heavy atom. The Balaban J connectivity index is 1.80. The number of nitrogens with zero attached hydrogens (tertiary/aromatic N) is 1. The van der Waals surface area contributed by atoms with E-state index in [-0.39, 0.29) is 12.1 Å². The molecule has 0 spiro atoms. The quantitative estimate of drug-likeness (QED) is 0.849. The summed E-state index contributed by atoms with van der Waals surface area (Å²) in [6.45, 7) is 6.34. The fraction of sp³-hybridized carbons (Fsp3) is 0.933. The van der Waals surface area contributed by atoms with Crippen molar-refractivity contribution in [3.05, 3.63) is 0 Å². The molecule has 0 radical (unpaired) electrons. The van der Waals surface area contributed by atoms with Crippen LogP contribution in [0.1, 0.15) is 46.0 Å². The molecule has 1 aliphatic heterocycles. The van der Waals surface area contributed by atoms with Gasteiger partial charge in [0.05, 0.1) is 18.8 Å². The second-order valence-corrected chi connectivity index (χ2v) is 6.37. The highest BCUT2D eigenvalue weighted by molar-refractivity contribution is 5.77. The van der Waals surface area contributed by atoms with Crippen molar-refractivity contribution in [1.82, 2.24) is 4.90 Å². The normalized spacial score (nSPS) is 36.3. The van der Waals surface area contributed by atoms with Gasteiger partial charge in [-0.25, -0.2) is 0 Å². The molecule has 2 N–H and O–H groups in total. The van der Waals surface area contributed by atoms with Crippen molar-refractivity contribution in [3.8, 4) is 0 Å². The van der Waals surface area contributed by atoms with Crippen LogP contribution in [0, 0.1) is 11.8 Å². The first-order valence-corrected chi connectivity index (χ1v) is 7.71. The minimum atomic E-state index is 0.174. The van der Waals surface area contributed by atoms with Gasteiger partial charge in [0.1, 0.15) is 0 Å². The molecule has 2 fully saturated rings. The van der Waals surface area contributed by atoms with Gasteiger partial charge in [-0.3, -0.25) is 4.79 Å². The topological polar surface area (TPSA) is 55.6 Å². The molecule has 1 saturated heterocycles. The number of carbonyl (C=O) groups excluding carboxylic acids is 1. The summed E-state index contributed by atoms with van der Waals surface area (Å²) in [4.78, 5) is 14.4. The number of carbonyl (C=O) groups is 1. The van der Waals surface area contributed by atoms with E-state index in [2.05, 4.69) is 6.92 Å². The summed E-state index contributed by atoms with van der Waals surface area (Å²) in [5, 5.41) is 0. The zero-order chi connectivity index (χ0) is 13.8. The molecule has 0 aromatic carbocycles. The molecule has 1 aliphatic carbocycles. The number of nitrogens with two attached hydrogens (primary N) is 1. The van der Waals surface area contributed by atoms with Crippen LogP contribution in [0.15, 0.2) is 0 Å². The van der Waals surface area contributed by atoms with E-state index in [1.807, 2.05) is 11.8 Å². The van der Waals surface area contributed by atoms with Crippen molar-refractivity contribution >= 4 is 5.91 Å². The van der Waals surface area contributed by atoms with Gasteiger partial charge >= 0.3 is 0 Å². The first kappa shape index (κ1) is 14.8. The summed E-state index contributed by atoms with van der Waals surface area (Å²) in [5.41, 5.74) is 5.71. The molecule has 110 valence electrons. The predicted octanol–water partition coefficient (Wildman–Crippen LogP) is 1.78. The summed E-state index contributed by atoms with van der Waals surface area (Å²) >= 11 is 0. The maximum Gasteiger partial charge on any atom is 0.223 e.